The van der Waals surface area contributed by atoms with Crippen LogP contribution in [-0.4, -0.2) is 25.1 Å². The summed E-state index contributed by atoms with van der Waals surface area (Å²) in [6, 6.07) is 7.20. The second kappa shape index (κ2) is 5.37. The van der Waals surface area contributed by atoms with Crippen molar-refractivity contribution in [1.29, 1.82) is 5.26 Å². The molecule has 0 radical (unpaired) electrons. The molecule has 0 fully saturated rings. The highest BCUT2D eigenvalue weighted by Gasteiger charge is 2.25. The Morgan fingerprint density at radius 1 is 1.27 bits per heavy atom. The molecule has 0 saturated heterocycles. The second-order valence-corrected chi connectivity index (χ2v) is 5.08. The molecule has 22 heavy (non-hydrogen) atoms. The van der Waals surface area contributed by atoms with E-state index in [4.69, 9.17) is 0 Å². The van der Waals surface area contributed by atoms with E-state index in [9.17, 15) is 10.1 Å². The van der Waals surface area contributed by atoms with Crippen molar-refractivity contribution in [2.75, 3.05) is 0 Å². The number of carbonyl (C=O) groups excluding carboxylic acids is 1. The number of aromatic nitrogens is 4. The molecule has 0 N–H and O–H groups in total. The maximum Gasteiger partial charge on any atom is 0.187 e. The first-order valence-electron chi connectivity index (χ1n) is 6.76. The van der Waals surface area contributed by atoms with Crippen LogP contribution in [0.2, 0.25) is 0 Å². The van der Waals surface area contributed by atoms with Crippen LogP contribution in [-0.2, 0) is 0 Å². The van der Waals surface area contributed by atoms with Crippen molar-refractivity contribution in [1.82, 2.24) is 19.4 Å². The van der Waals surface area contributed by atoms with Crippen molar-refractivity contribution in [3.05, 3.63) is 59.7 Å². The average molecular weight is 291 g/mol. The largest absolute Gasteiger partial charge is 0.306 e. The molecule has 0 bridgehead atoms. The molecule has 3 rings (SSSR count). The van der Waals surface area contributed by atoms with Gasteiger partial charge in [-0.05, 0) is 32.0 Å². The Morgan fingerprint density at radius 2 is 2.00 bits per heavy atom. The molecule has 6 nitrogen and oxygen atoms in total. The molecule has 0 saturated carbocycles. The lowest BCUT2D eigenvalue weighted by molar-refractivity contribution is 0.0976. The molecule has 0 aliphatic carbocycles. The lowest BCUT2D eigenvalue weighted by Gasteiger charge is -2.09. The van der Waals surface area contributed by atoms with E-state index in [-0.39, 0.29) is 11.6 Å². The van der Waals surface area contributed by atoms with Crippen molar-refractivity contribution in [2.45, 2.75) is 19.8 Å². The molecule has 1 atom stereocenters. The fraction of sp³-hybridized carbons (Fsp3) is 0.188. The molecule has 6 heteroatoms. The number of fused-ring (bicyclic) bond motifs is 1. The van der Waals surface area contributed by atoms with Crippen LogP contribution in [0, 0.1) is 25.2 Å². The SMILES string of the molecule is Cc1cc(C)nc([C@H](C#N)C(=O)c2ccn3cncc3c2)n1. The average Bonchev–Trinajstić information content (AvgIpc) is 2.94. The van der Waals surface area contributed by atoms with Crippen molar-refractivity contribution in [3.63, 3.8) is 0 Å². The van der Waals surface area contributed by atoms with E-state index in [1.807, 2.05) is 19.9 Å². The Bertz CT molecular complexity index is 886. The third kappa shape index (κ3) is 2.44. The summed E-state index contributed by atoms with van der Waals surface area (Å²) in [5.74, 6) is -1.07. The molecular formula is C16H13N5O. The minimum absolute atomic E-state index is 0.249. The lowest BCUT2D eigenvalue weighted by atomic mass is 9.98. The normalized spacial score (nSPS) is 12.0. The number of rotatable bonds is 3. The van der Waals surface area contributed by atoms with Gasteiger partial charge in [0.2, 0.25) is 0 Å². The molecule has 0 spiro atoms. The summed E-state index contributed by atoms with van der Waals surface area (Å²) < 4.78 is 1.80. The number of hydrogen-bond donors (Lipinski definition) is 0. The topological polar surface area (TPSA) is 83.9 Å². The Morgan fingerprint density at radius 3 is 2.68 bits per heavy atom. The molecule has 0 aliphatic heterocycles. The van der Waals surface area contributed by atoms with E-state index in [0.29, 0.717) is 5.56 Å². The van der Waals surface area contributed by atoms with Crippen molar-refractivity contribution >= 4 is 11.3 Å². The predicted octanol–water partition coefficient (Wildman–Crippen LogP) is 2.23. The zero-order valence-corrected chi connectivity index (χ0v) is 12.2. The van der Waals surface area contributed by atoms with Gasteiger partial charge in [-0.25, -0.2) is 15.0 Å². The summed E-state index contributed by atoms with van der Waals surface area (Å²) >= 11 is 0. The maximum absolute atomic E-state index is 12.6. The van der Waals surface area contributed by atoms with Gasteiger partial charge >= 0.3 is 0 Å². The quantitative estimate of drug-likeness (QED) is 0.691. The van der Waals surface area contributed by atoms with Gasteiger partial charge in [-0.15, -0.1) is 0 Å². The minimum Gasteiger partial charge on any atom is -0.306 e. The number of pyridine rings is 1. The molecule has 3 heterocycles. The van der Waals surface area contributed by atoms with Gasteiger partial charge in [0.05, 0.1) is 24.1 Å². The number of Topliss-reactive ketones (excluding diaryl/α,β-unsaturated/α-hetero) is 1. The Hall–Kier alpha value is -3.07. The van der Waals surface area contributed by atoms with Crippen LogP contribution < -0.4 is 0 Å². The van der Waals surface area contributed by atoms with Crippen molar-refractivity contribution < 1.29 is 4.79 Å². The van der Waals surface area contributed by atoms with E-state index >= 15 is 0 Å². The summed E-state index contributed by atoms with van der Waals surface area (Å²) in [7, 11) is 0. The number of ketones is 1. The fourth-order valence-corrected chi connectivity index (χ4v) is 2.36. The smallest absolute Gasteiger partial charge is 0.187 e. The van der Waals surface area contributed by atoms with Crippen LogP contribution in [0.1, 0.15) is 33.5 Å². The molecule has 0 unspecified atom stereocenters. The van der Waals surface area contributed by atoms with E-state index < -0.39 is 5.92 Å². The first-order valence-corrected chi connectivity index (χ1v) is 6.76. The van der Waals surface area contributed by atoms with E-state index in [2.05, 4.69) is 15.0 Å². The second-order valence-electron chi connectivity index (χ2n) is 5.08. The van der Waals surface area contributed by atoms with Crippen molar-refractivity contribution in [3.8, 4) is 6.07 Å². The van der Waals surface area contributed by atoms with E-state index in [1.165, 1.54) is 0 Å². The molecule has 108 valence electrons. The van der Waals surface area contributed by atoms with Gasteiger partial charge in [0, 0.05) is 23.1 Å². The van der Waals surface area contributed by atoms with Gasteiger partial charge in [0.25, 0.3) is 0 Å². The predicted molar refractivity (Wildman–Crippen MR) is 79.4 cm³/mol. The highest BCUT2D eigenvalue weighted by molar-refractivity contribution is 6.02. The van der Waals surface area contributed by atoms with Gasteiger partial charge in [0.1, 0.15) is 0 Å². The van der Waals surface area contributed by atoms with Gasteiger partial charge < -0.3 is 4.40 Å². The summed E-state index contributed by atoms with van der Waals surface area (Å²) in [4.78, 5) is 25.1. The highest BCUT2D eigenvalue weighted by atomic mass is 16.1. The van der Waals surface area contributed by atoms with Crippen LogP contribution in [0.25, 0.3) is 5.52 Å². The minimum atomic E-state index is -1.01. The van der Waals surface area contributed by atoms with Gasteiger partial charge in [-0.2, -0.15) is 5.26 Å². The van der Waals surface area contributed by atoms with Crippen LogP contribution >= 0.6 is 0 Å². The number of imidazole rings is 1. The highest BCUT2D eigenvalue weighted by Crippen LogP contribution is 2.19. The van der Waals surface area contributed by atoms with E-state index in [0.717, 1.165) is 16.9 Å². The van der Waals surface area contributed by atoms with Crippen LogP contribution in [0.4, 0.5) is 0 Å². The zero-order chi connectivity index (χ0) is 15.7. The fourth-order valence-electron chi connectivity index (χ4n) is 2.36. The van der Waals surface area contributed by atoms with Crippen LogP contribution in [0.3, 0.4) is 0 Å². The monoisotopic (exact) mass is 291 g/mol. The summed E-state index contributed by atoms with van der Waals surface area (Å²) in [6.45, 7) is 3.63. The Balaban J connectivity index is 2.02. The summed E-state index contributed by atoms with van der Waals surface area (Å²) in [5, 5.41) is 9.40. The van der Waals surface area contributed by atoms with Gasteiger partial charge in [-0.1, -0.05) is 0 Å². The standard InChI is InChI=1S/C16H13N5O/c1-10-5-11(2)20-16(19-10)14(7-17)15(22)12-3-4-21-9-18-8-13(21)6-12/h3-6,8-9,14H,1-2H3/t14-/m1/s1. The summed E-state index contributed by atoms with van der Waals surface area (Å²) in [6.07, 6.45) is 5.05. The molecule has 0 aromatic carbocycles. The molecular weight excluding hydrogens is 278 g/mol. The van der Waals surface area contributed by atoms with Gasteiger partial charge in [0.15, 0.2) is 17.5 Å². The number of aryl methyl sites for hydroxylation is 2. The third-order valence-corrected chi connectivity index (χ3v) is 3.35. The molecule has 0 amide bonds. The number of nitrogens with zero attached hydrogens (tertiary/aromatic N) is 5. The molecule has 0 aliphatic rings. The van der Waals surface area contributed by atoms with Gasteiger partial charge in [-0.3, -0.25) is 4.79 Å². The molecule has 3 aromatic heterocycles. The van der Waals surface area contributed by atoms with Crippen molar-refractivity contribution in [2.24, 2.45) is 0 Å². The molecule has 3 aromatic rings. The van der Waals surface area contributed by atoms with E-state index in [1.54, 1.807) is 41.3 Å². The Labute approximate surface area is 127 Å². The third-order valence-electron chi connectivity index (χ3n) is 3.35. The number of nitriles is 1. The maximum atomic E-state index is 12.6. The number of hydrogen-bond acceptors (Lipinski definition) is 5. The first-order chi connectivity index (χ1) is 10.6. The number of carbonyl (C=O) groups is 1. The zero-order valence-electron chi connectivity index (χ0n) is 12.2. The lowest BCUT2D eigenvalue weighted by Crippen LogP contribution is -2.15. The Kier molecular flexibility index (Phi) is 3.39. The van der Waals surface area contributed by atoms with Crippen LogP contribution in [0.5, 0.6) is 0 Å². The summed E-state index contributed by atoms with van der Waals surface area (Å²) in [5.41, 5.74) is 2.72. The van der Waals surface area contributed by atoms with Crippen LogP contribution in [0.15, 0.2) is 36.9 Å². The first kappa shape index (κ1) is 13.9.